The molecule has 0 heterocycles. The number of nitrogens with one attached hydrogen (secondary N) is 3. The third kappa shape index (κ3) is 10.8. The number of rotatable bonds is 16. The van der Waals surface area contributed by atoms with Crippen molar-refractivity contribution < 1.29 is 29.4 Å². The number of hydrogen-bond acceptors (Lipinski definition) is 7. The van der Waals surface area contributed by atoms with Gasteiger partial charge in [-0.05, 0) is 55.3 Å². The highest BCUT2D eigenvalue weighted by Gasteiger charge is 2.32. The van der Waals surface area contributed by atoms with E-state index >= 15 is 0 Å². The molecular formula is C26H43N5O6. The molecule has 0 spiro atoms. The summed E-state index contributed by atoms with van der Waals surface area (Å²) in [5.41, 5.74) is 12.2. The number of unbranched alkanes of at least 4 members (excludes halogenated alkanes) is 1. The smallest absolute Gasteiger partial charge is 0.326 e. The molecule has 0 saturated carbocycles. The minimum Gasteiger partial charge on any atom is -0.508 e. The van der Waals surface area contributed by atoms with Gasteiger partial charge in [-0.3, -0.25) is 14.4 Å². The molecule has 1 aromatic carbocycles. The van der Waals surface area contributed by atoms with Gasteiger partial charge in [-0.25, -0.2) is 4.79 Å². The van der Waals surface area contributed by atoms with Crippen molar-refractivity contribution in [2.45, 2.75) is 84.0 Å². The first-order valence-electron chi connectivity index (χ1n) is 12.8. The number of carboxylic acids is 1. The second-order valence-corrected chi connectivity index (χ2v) is 9.76. The average Bonchev–Trinajstić information content (AvgIpc) is 2.85. The molecule has 0 aliphatic rings. The van der Waals surface area contributed by atoms with Crippen molar-refractivity contribution in [1.29, 1.82) is 0 Å². The number of phenolic OH excluding ortho intramolecular Hbond substituents is 1. The van der Waals surface area contributed by atoms with Crippen molar-refractivity contribution in [2.75, 3.05) is 6.54 Å². The van der Waals surface area contributed by atoms with Crippen LogP contribution in [0.5, 0.6) is 5.75 Å². The Kier molecular flexibility index (Phi) is 13.6. The lowest BCUT2D eigenvalue weighted by Crippen LogP contribution is -2.59. The number of carboxylic acid groups (broad SMARTS) is 1. The van der Waals surface area contributed by atoms with E-state index in [1.165, 1.54) is 12.1 Å². The highest BCUT2D eigenvalue weighted by Crippen LogP contribution is 2.13. The second kappa shape index (κ2) is 15.8. The van der Waals surface area contributed by atoms with E-state index in [-0.39, 0.29) is 24.0 Å². The summed E-state index contributed by atoms with van der Waals surface area (Å²) < 4.78 is 0. The van der Waals surface area contributed by atoms with Gasteiger partial charge in [0.15, 0.2) is 0 Å². The second-order valence-electron chi connectivity index (χ2n) is 9.76. The summed E-state index contributed by atoms with van der Waals surface area (Å²) >= 11 is 0. The van der Waals surface area contributed by atoms with Crippen LogP contribution in [0.15, 0.2) is 24.3 Å². The lowest BCUT2D eigenvalue weighted by atomic mass is 9.98. The van der Waals surface area contributed by atoms with Gasteiger partial charge in [0, 0.05) is 6.42 Å². The number of hydrogen-bond donors (Lipinski definition) is 7. The lowest BCUT2D eigenvalue weighted by molar-refractivity contribution is -0.142. The summed E-state index contributed by atoms with van der Waals surface area (Å²) in [5.74, 6) is -3.30. The standard InChI is InChI=1S/C26H43N5O6/c1-5-16(4)21(28)24(34)29-19(8-6-7-13-27)23(33)31-22(15(2)3)25(35)30-20(26(36)37)14-17-9-11-18(32)12-10-17/h9-12,15-16,19-22,32H,5-8,13-14,27-28H2,1-4H3,(H,29,34)(H,30,35)(H,31,33)(H,36,37). The molecule has 0 aromatic heterocycles. The normalized spacial score (nSPS) is 15.2. The topological polar surface area (TPSA) is 197 Å². The van der Waals surface area contributed by atoms with Gasteiger partial charge < -0.3 is 37.6 Å². The summed E-state index contributed by atoms with van der Waals surface area (Å²) in [6.07, 6.45) is 2.24. The first-order valence-corrected chi connectivity index (χ1v) is 12.8. The SMILES string of the molecule is CCC(C)C(N)C(=O)NC(CCCCN)C(=O)NC(C(=O)NC(Cc1ccc(O)cc1)C(=O)O)C(C)C. The number of carbonyl (C=O) groups excluding carboxylic acids is 3. The molecule has 37 heavy (non-hydrogen) atoms. The Balaban J connectivity index is 2.98. The number of phenols is 1. The Hall–Kier alpha value is -3.18. The third-order valence-corrected chi connectivity index (χ3v) is 6.38. The molecule has 0 fully saturated rings. The minimum atomic E-state index is -1.25. The van der Waals surface area contributed by atoms with E-state index in [1.54, 1.807) is 26.0 Å². The fraction of sp³-hybridized carbons (Fsp3) is 0.615. The van der Waals surface area contributed by atoms with Gasteiger partial charge in [-0.15, -0.1) is 0 Å². The molecular weight excluding hydrogens is 478 g/mol. The van der Waals surface area contributed by atoms with Gasteiger partial charge in [-0.2, -0.15) is 0 Å². The van der Waals surface area contributed by atoms with Gasteiger partial charge >= 0.3 is 5.97 Å². The maximum atomic E-state index is 13.2. The molecule has 11 nitrogen and oxygen atoms in total. The maximum absolute atomic E-state index is 13.2. The van der Waals surface area contributed by atoms with Gasteiger partial charge in [0.2, 0.25) is 17.7 Å². The molecule has 1 rings (SSSR count). The minimum absolute atomic E-state index is 0.00854. The predicted octanol–water partition coefficient (Wildman–Crippen LogP) is 0.632. The Bertz CT molecular complexity index is 892. The van der Waals surface area contributed by atoms with Crippen molar-refractivity contribution in [3.8, 4) is 5.75 Å². The van der Waals surface area contributed by atoms with Crippen LogP contribution >= 0.6 is 0 Å². The van der Waals surface area contributed by atoms with Crippen molar-refractivity contribution in [2.24, 2.45) is 23.3 Å². The van der Waals surface area contributed by atoms with Gasteiger partial charge in [0.25, 0.3) is 0 Å². The molecule has 0 bridgehead atoms. The summed E-state index contributed by atoms with van der Waals surface area (Å²) in [7, 11) is 0. The summed E-state index contributed by atoms with van der Waals surface area (Å²) in [6.45, 7) is 7.65. The number of aliphatic carboxylic acids is 1. The van der Waals surface area contributed by atoms with Crippen LogP contribution in [0, 0.1) is 11.8 Å². The Labute approximate surface area is 218 Å². The molecule has 1 aromatic rings. The first-order chi connectivity index (χ1) is 17.4. The van der Waals surface area contributed by atoms with Crippen LogP contribution in [0.1, 0.15) is 58.9 Å². The highest BCUT2D eigenvalue weighted by molar-refractivity contribution is 5.94. The van der Waals surface area contributed by atoms with Crippen molar-refractivity contribution >= 4 is 23.7 Å². The van der Waals surface area contributed by atoms with Crippen LogP contribution in [0.2, 0.25) is 0 Å². The van der Waals surface area contributed by atoms with Crippen LogP contribution in [0.25, 0.3) is 0 Å². The molecule has 208 valence electrons. The molecule has 0 saturated heterocycles. The Morgan fingerprint density at radius 1 is 0.892 bits per heavy atom. The molecule has 5 atom stereocenters. The summed E-state index contributed by atoms with van der Waals surface area (Å²) in [5, 5.41) is 27.0. The van der Waals surface area contributed by atoms with Crippen LogP contribution in [0.3, 0.4) is 0 Å². The van der Waals surface area contributed by atoms with E-state index in [2.05, 4.69) is 16.0 Å². The van der Waals surface area contributed by atoms with E-state index < -0.39 is 47.9 Å². The van der Waals surface area contributed by atoms with E-state index in [9.17, 15) is 29.4 Å². The van der Waals surface area contributed by atoms with E-state index in [4.69, 9.17) is 11.5 Å². The number of amides is 3. The number of carbonyl (C=O) groups is 4. The molecule has 5 unspecified atom stereocenters. The van der Waals surface area contributed by atoms with E-state index in [0.29, 0.717) is 37.8 Å². The maximum Gasteiger partial charge on any atom is 0.326 e. The summed E-state index contributed by atoms with van der Waals surface area (Å²) in [6, 6.07) is 2.01. The Morgan fingerprint density at radius 3 is 2.00 bits per heavy atom. The highest BCUT2D eigenvalue weighted by atomic mass is 16.4. The number of nitrogens with two attached hydrogens (primary N) is 2. The molecule has 3 amide bonds. The molecule has 0 aliphatic carbocycles. The molecule has 9 N–H and O–H groups in total. The van der Waals surface area contributed by atoms with Crippen LogP contribution < -0.4 is 27.4 Å². The fourth-order valence-electron chi connectivity index (χ4n) is 3.66. The lowest BCUT2D eigenvalue weighted by Gasteiger charge is -2.27. The predicted molar refractivity (Wildman–Crippen MR) is 140 cm³/mol. The van der Waals surface area contributed by atoms with Crippen molar-refractivity contribution in [3.63, 3.8) is 0 Å². The van der Waals surface area contributed by atoms with E-state index in [1.807, 2.05) is 13.8 Å². The molecule has 0 radical (unpaired) electrons. The monoisotopic (exact) mass is 521 g/mol. The van der Waals surface area contributed by atoms with Gasteiger partial charge in [-0.1, -0.05) is 46.2 Å². The quantitative estimate of drug-likeness (QED) is 0.154. The van der Waals surface area contributed by atoms with E-state index in [0.717, 1.165) is 0 Å². The first kappa shape index (κ1) is 31.8. The Morgan fingerprint density at radius 2 is 1.49 bits per heavy atom. The number of benzene rings is 1. The van der Waals surface area contributed by atoms with Crippen LogP contribution in [0.4, 0.5) is 0 Å². The third-order valence-electron chi connectivity index (χ3n) is 6.38. The van der Waals surface area contributed by atoms with Crippen LogP contribution in [-0.4, -0.2) is 64.6 Å². The van der Waals surface area contributed by atoms with Gasteiger partial charge in [0.05, 0.1) is 6.04 Å². The zero-order valence-corrected chi connectivity index (χ0v) is 22.2. The van der Waals surface area contributed by atoms with Crippen molar-refractivity contribution in [3.05, 3.63) is 29.8 Å². The van der Waals surface area contributed by atoms with Crippen molar-refractivity contribution in [1.82, 2.24) is 16.0 Å². The zero-order chi connectivity index (χ0) is 28.1. The fourth-order valence-corrected chi connectivity index (χ4v) is 3.66. The van der Waals surface area contributed by atoms with Gasteiger partial charge in [0.1, 0.15) is 23.9 Å². The summed E-state index contributed by atoms with van der Waals surface area (Å²) in [4.78, 5) is 50.7. The largest absolute Gasteiger partial charge is 0.508 e. The average molecular weight is 522 g/mol. The molecule has 0 aliphatic heterocycles. The zero-order valence-electron chi connectivity index (χ0n) is 22.2. The van der Waals surface area contributed by atoms with Crippen LogP contribution in [-0.2, 0) is 25.6 Å². The molecule has 11 heteroatoms. The number of aromatic hydroxyl groups is 1.